The molecule has 0 aliphatic heterocycles. The van der Waals surface area contributed by atoms with Crippen molar-refractivity contribution in [2.24, 2.45) is 7.05 Å². The van der Waals surface area contributed by atoms with E-state index in [1.807, 2.05) is 26.0 Å². The predicted octanol–water partition coefficient (Wildman–Crippen LogP) is 1.01. The first kappa shape index (κ1) is 11.9. The zero-order valence-electron chi connectivity index (χ0n) is 10.0. The Labute approximate surface area is 104 Å². The smallest absolute Gasteiger partial charge is 0.244 e. The van der Waals surface area contributed by atoms with Gasteiger partial charge in [-0.15, -0.1) is 0 Å². The Bertz CT molecular complexity index is 614. The van der Waals surface area contributed by atoms with Crippen LogP contribution in [0.2, 0.25) is 0 Å². The number of aryl methyl sites for hydroxylation is 3. The number of tetrazole rings is 1. The summed E-state index contributed by atoms with van der Waals surface area (Å²) in [5, 5.41) is 7.61. The first-order valence-electron chi connectivity index (χ1n) is 5.25. The molecule has 0 aliphatic carbocycles. The maximum Gasteiger partial charge on any atom is 0.368 e. The molecule has 0 aliphatic rings. The number of hydrogen-bond donors (Lipinski definition) is 1. The number of nitrogens with zero attached hydrogens (tertiary/aromatic N) is 4. The average molecular weight is 250 g/mol. The number of thiol groups is 1. The van der Waals surface area contributed by atoms with Crippen molar-refractivity contribution in [1.82, 2.24) is 19.8 Å². The van der Waals surface area contributed by atoms with Crippen LogP contribution in [-0.4, -0.2) is 19.8 Å². The molecule has 2 aromatic rings. The van der Waals surface area contributed by atoms with Gasteiger partial charge in [-0.25, -0.2) is 4.79 Å². The van der Waals surface area contributed by atoms with Crippen molar-refractivity contribution in [2.45, 2.75) is 19.6 Å². The SMILES string of the molecule is Cc1ccc(C)c(-n2nnn(C)c2=O)c1CS. The minimum absolute atomic E-state index is 0.248. The number of benzene rings is 1. The van der Waals surface area contributed by atoms with Crippen LogP contribution >= 0.6 is 12.6 Å². The Morgan fingerprint density at radius 1 is 1.24 bits per heavy atom. The summed E-state index contributed by atoms with van der Waals surface area (Å²) < 4.78 is 2.54. The molecule has 0 saturated carbocycles. The maximum atomic E-state index is 11.9. The minimum Gasteiger partial charge on any atom is -0.244 e. The lowest BCUT2D eigenvalue weighted by atomic mass is 10.0. The van der Waals surface area contributed by atoms with Gasteiger partial charge >= 0.3 is 5.69 Å². The van der Waals surface area contributed by atoms with Crippen LogP contribution in [0.15, 0.2) is 16.9 Å². The molecule has 0 saturated heterocycles. The van der Waals surface area contributed by atoms with Crippen molar-refractivity contribution < 1.29 is 0 Å². The van der Waals surface area contributed by atoms with Crippen LogP contribution in [0.4, 0.5) is 0 Å². The fourth-order valence-corrected chi connectivity index (χ4v) is 2.20. The lowest BCUT2D eigenvalue weighted by Crippen LogP contribution is -2.23. The van der Waals surface area contributed by atoms with Gasteiger partial charge in [0.1, 0.15) is 0 Å². The second-order valence-electron chi connectivity index (χ2n) is 3.98. The van der Waals surface area contributed by atoms with Gasteiger partial charge < -0.3 is 0 Å². The molecular formula is C11H14N4OS. The topological polar surface area (TPSA) is 52.7 Å². The van der Waals surface area contributed by atoms with Gasteiger partial charge in [-0.2, -0.15) is 22.0 Å². The van der Waals surface area contributed by atoms with E-state index in [9.17, 15) is 4.79 Å². The molecule has 0 amide bonds. The lowest BCUT2D eigenvalue weighted by molar-refractivity contribution is 0.692. The van der Waals surface area contributed by atoms with Crippen LogP contribution in [0.1, 0.15) is 16.7 Å². The fourth-order valence-electron chi connectivity index (χ4n) is 1.80. The molecule has 90 valence electrons. The molecule has 5 nitrogen and oxygen atoms in total. The Hall–Kier alpha value is -1.56. The minimum atomic E-state index is -0.248. The largest absolute Gasteiger partial charge is 0.368 e. The summed E-state index contributed by atoms with van der Waals surface area (Å²) >= 11 is 4.32. The Balaban J connectivity index is 2.79. The monoisotopic (exact) mass is 250 g/mol. The quantitative estimate of drug-likeness (QED) is 0.809. The highest BCUT2D eigenvalue weighted by Gasteiger charge is 2.14. The molecule has 0 fully saturated rings. The van der Waals surface area contributed by atoms with Crippen molar-refractivity contribution in [3.8, 4) is 5.69 Å². The van der Waals surface area contributed by atoms with E-state index in [0.717, 1.165) is 22.4 Å². The molecule has 17 heavy (non-hydrogen) atoms. The molecule has 1 heterocycles. The van der Waals surface area contributed by atoms with Crippen molar-refractivity contribution in [2.75, 3.05) is 0 Å². The van der Waals surface area contributed by atoms with Crippen LogP contribution in [0.25, 0.3) is 5.69 Å². The van der Waals surface area contributed by atoms with E-state index in [1.54, 1.807) is 7.05 Å². The van der Waals surface area contributed by atoms with Crippen LogP contribution in [-0.2, 0) is 12.8 Å². The summed E-state index contributed by atoms with van der Waals surface area (Å²) in [6.45, 7) is 3.94. The summed E-state index contributed by atoms with van der Waals surface area (Å²) in [5.41, 5.74) is 3.64. The van der Waals surface area contributed by atoms with Gasteiger partial charge in [-0.1, -0.05) is 12.1 Å². The third-order valence-electron chi connectivity index (χ3n) is 2.81. The van der Waals surface area contributed by atoms with Gasteiger partial charge in [0.2, 0.25) is 0 Å². The van der Waals surface area contributed by atoms with Gasteiger partial charge in [0.05, 0.1) is 5.69 Å². The van der Waals surface area contributed by atoms with Crippen LogP contribution in [0.5, 0.6) is 0 Å². The zero-order valence-corrected chi connectivity index (χ0v) is 10.9. The van der Waals surface area contributed by atoms with Gasteiger partial charge in [0.25, 0.3) is 0 Å². The summed E-state index contributed by atoms with van der Waals surface area (Å²) in [7, 11) is 1.58. The third-order valence-corrected chi connectivity index (χ3v) is 3.13. The summed E-state index contributed by atoms with van der Waals surface area (Å²) in [4.78, 5) is 11.9. The normalized spacial score (nSPS) is 10.8. The molecule has 6 heteroatoms. The highest BCUT2D eigenvalue weighted by Crippen LogP contribution is 2.22. The van der Waals surface area contributed by atoms with Gasteiger partial charge in [-0.3, -0.25) is 0 Å². The second kappa shape index (κ2) is 4.37. The number of hydrogen-bond acceptors (Lipinski definition) is 4. The van der Waals surface area contributed by atoms with Crippen LogP contribution in [0, 0.1) is 13.8 Å². The molecule has 0 radical (unpaired) electrons. The van der Waals surface area contributed by atoms with E-state index in [1.165, 1.54) is 9.36 Å². The molecule has 0 unspecified atom stereocenters. The molecule has 0 spiro atoms. The highest BCUT2D eigenvalue weighted by atomic mass is 32.1. The number of rotatable bonds is 2. The molecule has 0 bridgehead atoms. The Morgan fingerprint density at radius 3 is 2.41 bits per heavy atom. The maximum absolute atomic E-state index is 11.9. The zero-order chi connectivity index (χ0) is 12.6. The van der Waals surface area contributed by atoms with Crippen molar-refractivity contribution in [3.63, 3.8) is 0 Å². The fraction of sp³-hybridized carbons (Fsp3) is 0.364. The molecular weight excluding hydrogens is 236 g/mol. The predicted molar refractivity (Wildman–Crippen MR) is 68.8 cm³/mol. The van der Waals surface area contributed by atoms with E-state index in [4.69, 9.17) is 0 Å². The average Bonchev–Trinajstić information content (AvgIpc) is 2.63. The van der Waals surface area contributed by atoms with E-state index in [0.29, 0.717) is 5.75 Å². The molecule has 1 aromatic carbocycles. The second-order valence-corrected chi connectivity index (χ2v) is 4.30. The third kappa shape index (κ3) is 1.88. The van der Waals surface area contributed by atoms with Crippen molar-refractivity contribution in [1.29, 1.82) is 0 Å². The van der Waals surface area contributed by atoms with Crippen molar-refractivity contribution in [3.05, 3.63) is 39.3 Å². The molecule has 1 aromatic heterocycles. The van der Waals surface area contributed by atoms with Crippen LogP contribution < -0.4 is 5.69 Å². The van der Waals surface area contributed by atoms with Crippen LogP contribution in [0.3, 0.4) is 0 Å². The molecule has 0 N–H and O–H groups in total. The Kier molecular flexibility index (Phi) is 3.06. The summed E-state index contributed by atoms with van der Waals surface area (Å²) in [5.74, 6) is 0.561. The first-order chi connectivity index (χ1) is 8.06. The van der Waals surface area contributed by atoms with Gasteiger partial charge in [0.15, 0.2) is 0 Å². The van der Waals surface area contributed by atoms with E-state index >= 15 is 0 Å². The Morgan fingerprint density at radius 2 is 1.88 bits per heavy atom. The number of aromatic nitrogens is 4. The van der Waals surface area contributed by atoms with E-state index < -0.39 is 0 Å². The molecule has 0 atom stereocenters. The standard InChI is InChI=1S/C11H14N4OS/c1-7-4-5-8(2)10(9(7)6-17)15-11(16)14(3)12-13-15/h4-5,17H,6H2,1-3H3. The van der Waals surface area contributed by atoms with Gasteiger partial charge in [-0.05, 0) is 41.0 Å². The first-order valence-corrected chi connectivity index (χ1v) is 5.89. The lowest BCUT2D eigenvalue weighted by Gasteiger charge is -2.12. The van der Waals surface area contributed by atoms with E-state index in [2.05, 4.69) is 23.1 Å². The highest BCUT2D eigenvalue weighted by molar-refractivity contribution is 7.79. The van der Waals surface area contributed by atoms with Crippen molar-refractivity contribution >= 4 is 12.6 Å². The van der Waals surface area contributed by atoms with E-state index in [-0.39, 0.29) is 5.69 Å². The molecule has 2 rings (SSSR count). The summed E-state index contributed by atoms with van der Waals surface area (Å²) in [6.07, 6.45) is 0. The van der Waals surface area contributed by atoms with Gasteiger partial charge in [0, 0.05) is 12.8 Å². The summed E-state index contributed by atoms with van der Waals surface area (Å²) in [6, 6.07) is 3.99.